The predicted molar refractivity (Wildman–Crippen MR) is 81.1 cm³/mol. The zero-order chi connectivity index (χ0) is 13.7. The number of piperazine rings is 1. The van der Waals surface area contributed by atoms with Gasteiger partial charge in [0.15, 0.2) is 0 Å². The lowest BCUT2D eigenvalue weighted by Gasteiger charge is -2.42. The molecular formula is C16H27N3. The quantitative estimate of drug-likeness (QED) is 0.877. The topological polar surface area (TPSA) is 18.5 Å². The fourth-order valence-corrected chi connectivity index (χ4v) is 3.00. The molecule has 1 heterocycles. The first-order valence-electron chi connectivity index (χ1n) is 7.52. The Bertz CT molecular complexity index is 362. The monoisotopic (exact) mass is 261 g/mol. The van der Waals surface area contributed by atoms with Crippen molar-refractivity contribution in [1.82, 2.24) is 15.1 Å². The second-order valence-electron chi connectivity index (χ2n) is 5.27. The summed E-state index contributed by atoms with van der Waals surface area (Å²) in [6.45, 7) is 12.4. The fourth-order valence-electron chi connectivity index (χ4n) is 3.00. The molecular weight excluding hydrogens is 234 g/mol. The average molecular weight is 261 g/mol. The Morgan fingerprint density at radius 3 is 2.58 bits per heavy atom. The molecule has 0 radical (unpaired) electrons. The number of rotatable bonds is 5. The van der Waals surface area contributed by atoms with E-state index in [4.69, 9.17) is 0 Å². The molecule has 1 N–H and O–H groups in total. The Labute approximate surface area is 117 Å². The van der Waals surface area contributed by atoms with Crippen LogP contribution < -0.4 is 5.32 Å². The van der Waals surface area contributed by atoms with Gasteiger partial charge in [-0.3, -0.25) is 9.80 Å². The van der Waals surface area contributed by atoms with Crippen LogP contribution in [0.15, 0.2) is 30.3 Å². The summed E-state index contributed by atoms with van der Waals surface area (Å²) >= 11 is 0. The molecule has 1 aliphatic heterocycles. The maximum atomic E-state index is 3.64. The average Bonchev–Trinajstić information content (AvgIpc) is 2.49. The minimum atomic E-state index is 0.466. The van der Waals surface area contributed by atoms with Crippen molar-refractivity contribution in [3.63, 3.8) is 0 Å². The van der Waals surface area contributed by atoms with Gasteiger partial charge >= 0.3 is 0 Å². The van der Waals surface area contributed by atoms with Crippen LogP contribution in [0.1, 0.15) is 32.4 Å². The molecule has 0 saturated carbocycles. The minimum Gasteiger partial charge on any atom is -0.308 e. The molecule has 1 aliphatic rings. The lowest BCUT2D eigenvalue weighted by molar-refractivity contribution is 0.0401. The van der Waals surface area contributed by atoms with Gasteiger partial charge in [-0.25, -0.2) is 0 Å². The van der Waals surface area contributed by atoms with Gasteiger partial charge in [0.1, 0.15) is 0 Å². The van der Waals surface area contributed by atoms with Gasteiger partial charge < -0.3 is 5.32 Å². The third-order valence-corrected chi connectivity index (χ3v) is 4.28. The summed E-state index contributed by atoms with van der Waals surface area (Å²) < 4.78 is 0. The van der Waals surface area contributed by atoms with Gasteiger partial charge in [0.05, 0.1) is 6.17 Å². The largest absolute Gasteiger partial charge is 0.308 e. The summed E-state index contributed by atoms with van der Waals surface area (Å²) in [4.78, 5) is 5.12. The zero-order valence-corrected chi connectivity index (χ0v) is 12.5. The van der Waals surface area contributed by atoms with E-state index in [2.05, 4.69) is 66.2 Å². The van der Waals surface area contributed by atoms with Crippen LogP contribution >= 0.6 is 0 Å². The first kappa shape index (κ1) is 14.5. The van der Waals surface area contributed by atoms with Crippen LogP contribution in [0, 0.1) is 0 Å². The number of nitrogens with one attached hydrogen (secondary N) is 1. The Morgan fingerprint density at radius 2 is 1.95 bits per heavy atom. The lowest BCUT2D eigenvalue weighted by Crippen LogP contribution is -2.54. The van der Waals surface area contributed by atoms with Gasteiger partial charge in [-0.05, 0) is 25.6 Å². The van der Waals surface area contributed by atoms with Crippen LogP contribution in [0.25, 0.3) is 0 Å². The highest BCUT2D eigenvalue weighted by atomic mass is 15.4. The molecule has 0 amide bonds. The molecule has 106 valence electrons. The number of hydrogen-bond donors (Lipinski definition) is 1. The van der Waals surface area contributed by atoms with Crippen molar-refractivity contribution < 1.29 is 0 Å². The molecule has 0 aliphatic carbocycles. The predicted octanol–water partition coefficient (Wildman–Crippen LogP) is 2.32. The van der Waals surface area contributed by atoms with Crippen LogP contribution in [-0.4, -0.2) is 48.7 Å². The van der Waals surface area contributed by atoms with Gasteiger partial charge in [0, 0.05) is 25.7 Å². The molecule has 0 aromatic heterocycles. The van der Waals surface area contributed by atoms with E-state index in [0.717, 1.165) is 32.7 Å². The second kappa shape index (κ2) is 7.04. The molecule has 3 heteroatoms. The van der Waals surface area contributed by atoms with E-state index in [1.54, 1.807) is 0 Å². The highest BCUT2D eigenvalue weighted by Gasteiger charge is 2.26. The lowest BCUT2D eigenvalue weighted by atomic mass is 10.0. The summed E-state index contributed by atoms with van der Waals surface area (Å²) in [6, 6.07) is 11.3. The SMILES string of the molecule is CCN(CC)C(C)N1CCNC(c2ccccc2)C1. The Morgan fingerprint density at radius 1 is 1.26 bits per heavy atom. The highest BCUT2D eigenvalue weighted by Crippen LogP contribution is 2.19. The normalized spacial score (nSPS) is 22.6. The minimum absolute atomic E-state index is 0.466. The van der Waals surface area contributed by atoms with Gasteiger partial charge in [-0.2, -0.15) is 0 Å². The Balaban J connectivity index is 2.01. The van der Waals surface area contributed by atoms with Crippen molar-refractivity contribution in [2.45, 2.75) is 33.0 Å². The summed E-state index contributed by atoms with van der Waals surface area (Å²) in [5, 5.41) is 3.64. The van der Waals surface area contributed by atoms with Gasteiger partial charge in [0.25, 0.3) is 0 Å². The van der Waals surface area contributed by atoms with E-state index in [-0.39, 0.29) is 0 Å². The summed E-state index contributed by atoms with van der Waals surface area (Å²) in [5.74, 6) is 0. The Kier molecular flexibility index (Phi) is 5.37. The first-order chi connectivity index (χ1) is 9.26. The molecule has 0 spiro atoms. The van der Waals surface area contributed by atoms with Gasteiger partial charge in [-0.15, -0.1) is 0 Å². The molecule has 0 bridgehead atoms. The molecule has 2 unspecified atom stereocenters. The number of hydrogen-bond acceptors (Lipinski definition) is 3. The van der Waals surface area contributed by atoms with Crippen molar-refractivity contribution in [1.29, 1.82) is 0 Å². The number of nitrogens with zero attached hydrogens (tertiary/aromatic N) is 2. The molecule has 2 atom stereocenters. The van der Waals surface area contributed by atoms with E-state index in [1.807, 2.05) is 0 Å². The van der Waals surface area contributed by atoms with Crippen molar-refractivity contribution in [3.8, 4) is 0 Å². The molecule has 19 heavy (non-hydrogen) atoms. The van der Waals surface area contributed by atoms with Gasteiger partial charge in [0.2, 0.25) is 0 Å². The van der Waals surface area contributed by atoms with E-state index in [9.17, 15) is 0 Å². The maximum Gasteiger partial charge on any atom is 0.0594 e. The molecule has 1 fully saturated rings. The molecule has 1 aromatic rings. The molecule has 3 nitrogen and oxygen atoms in total. The fraction of sp³-hybridized carbons (Fsp3) is 0.625. The van der Waals surface area contributed by atoms with E-state index in [1.165, 1.54) is 5.56 Å². The standard InChI is InChI=1S/C16H27N3/c1-4-18(5-2)14(3)19-12-11-17-16(13-19)15-9-7-6-8-10-15/h6-10,14,16-17H,4-5,11-13H2,1-3H3. The second-order valence-corrected chi connectivity index (χ2v) is 5.27. The maximum absolute atomic E-state index is 3.64. The van der Waals surface area contributed by atoms with Crippen LogP contribution in [0.2, 0.25) is 0 Å². The Hall–Kier alpha value is -0.900. The zero-order valence-electron chi connectivity index (χ0n) is 12.5. The first-order valence-corrected chi connectivity index (χ1v) is 7.52. The van der Waals surface area contributed by atoms with Crippen LogP contribution in [0.5, 0.6) is 0 Å². The van der Waals surface area contributed by atoms with Crippen molar-refractivity contribution >= 4 is 0 Å². The van der Waals surface area contributed by atoms with Crippen LogP contribution in [0.4, 0.5) is 0 Å². The summed E-state index contributed by atoms with van der Waals surface area (Å²) in [5.41, 5.74) is 1.40. The van der Waals surface area contributed by atoms with Crippen LogP contribution in [0.3, 0.4) is 0 Å². The third kappa shape index (κ3) is 3.56. The van der Waals surface area contributed by atoms with Crippen LogP contribution in [-0.2, 0) is 0 Å². The third-order valence-electron chi connectivity index (χ3n) is 4.28. The van der Waals surface area contributed by atoms with E-state index >= 15 is 0 Å². The van der Waals surface area contributed by atoms with Gasteiger partial charge in [-0.1, -0.05) is 44.2 Å². The summed E-state index contributed by atoms with van der Waals surface area (Å²) in [6.07, 6.45) is 0.531. The highest BCUT2D eigenvalue weighted by molar-refractivity contribution is 5.19. The van der Waals surface area contributed by atoms with Crippen molar-refractivity contribution in [2.75, 3.05) is 32.7 Å². The number of benzene rings is 1. The van der Waals surface area contributed by atoms with Crippen molar-refractivity contribution in [2.24, 2.45) is 0 Å². The van der Waals surface area contributed by atoms with E-state index in [0.29, 0.717) is 12.2 Å². The molecule has 1 saturated heterocycles. The molecule has 1 aromatic carbocycles. The van der Waals surface area contributed by atoms with E-state index < -0.39 is 0 Å². The summed E-state index contributed by atoms with van der Waals surface area (Å²) in [7, 11) is 0. The smallest absolute Gasteiger partial charge is 0.0594 e. The molecule has 2 rings (SSSR count). The van der Waals surface area contributed by atoms with Crippen molar-refractivity contribution in [3.05, 3.63) is 35.9 Å².